The second-order valence-electron chi connectivity index (χ2n) is 3.49. The van der Waals surface area contributed by atoms with Gasteiger partial charge in [-0.3, -0.25) is 0 Å². The van der Waals surface area contributed by atoms with E-state index in [1.54, 1.807) is 0 Å². The number of benzene rings is 1. The summed E-state index contributed by atoms with van der Waals surface area (Å²) in [5.74, 6) is -2.67. The molecule has 0 radical (unpaired) electrons. The van der Waals surface area contributed by atoms with Crippen molar-refractivity contribution in [2.75, 3.05) is 5.73 Å². The van der Waals surface area contributed by atoms with Gasteiger partial charge >= 0.3 is 0 Å². The van der Waals surface area contributed by atoms with Crippen molar-refractivity contribution < 1.29 is 13.2 Å². The van der Waals surface area contributed by atoms with E-state index in [0.717, 1.165) is 12.4 Å². The molecule has 0 atom stereocenters. The monoisotopic (exact) mass is 239 g/mol. The number of halogens is 3. The molecule has 0 aliphatic heterocycles. The lowest BCUT2D eigenvalue weighted by Gasteiger charge is -2.08. The van der Waals surface area contributed by atoms with Crippen molar-refractivity contribution in [2.45, 2.75) is 6.92 Å². The lowest BCUT2D eigenvalue weighted by Crippen LogP contribution is -2.01. The number of aromatic nitrogens is 2. The van der Waals surface area contributed by atoms with Crippen LogP contribution in [0.3, 0.4) is 0 Å². The van der Waals surface area contributed by atoms with Crippen LogP contribution < -0.4 is 5.73 Å². The van der Waals surface area contributed by atoms with Crippen molar-refractivity contribution in [1.82, 2.24) is 9.97 Å². The zero-order valence-electron chi connectivity index (χ0n) is 8.84. The topological polar surface area (TPSA) is 51.8 Å². The highest BCUT2D eigenvalue weighted by Crippen LogP contribution is 2.27. The minimum Gasteiger partial charge on any atom is -0.396 e. The summed E-state index contributed by atoms with van der Waals surface area (Å²) in [5, 5.41) is 0. The Bertz CT molecular complexity index is 567. The SMILES string of the molecule is Cc1c(-c2ncc(F)cn2)cc(N)c(F)c1F. The normalized spacial score (nSPS) is 10.6. The zero-order chi connectivity index (χ0) is 12.6. The smallest absolute Gasteiger partial charge is 0.181 e. The number of nitrogens with zero attached hydrogens (tertiary/aromatic N) is 2. The van der Waals surface area contributed by atoms with Crippen molar-refractivity contribution in [3.8, 4) is 11.4 Å². The van der Waals surface area contributed by atoms with E-state index in [2.05, 4.69) is 9.97 Å². The third kappa shape index (κ3) is 1.93. The van der Waals surface area contributed by atoms with Crippen LogP contribution in [0.2, 0.25) is 0 Å². The molecule has 0 saturated heterocycles. The summed E-state index contributed by atoms with van der Waals surface area (Å²) < 4.78 is 39.2. The molecular weight excluding hydrogens is 231 g/mol. The first-order chi connectivity index (χ1) is 8.00. The molecule has 0 amide bonds. The van der Waals surface area contributed by atoms with Gasteiger partial charge in [-0.15, -0.1) is 0 Å². The first-order valence-corrected chi connectivity index (χ1v) is 4.72. The van der Waals surface area contributed by atoms with Gasteiger partial charge in [0.1, 0.15) is 0 Å². The Morgan fingerprint density at radius 2 is 1.65 bits per heavy atom. The van der Waals surface area contributed by atoms with Crippen molar-refractivity contribution in [3.63, 3.8) is 0 Å². The van der Waals surface area contributed by atoms with E-state index >= 15 is 0 Å². The molecule has 1 aromatic heterocycles. The van der Waals surface area contributed by atoms with Gasteiger partial charge in [0.05, 0.1) is 18.1 Å². The van der Waals surface area contributed by atoms with Crippen LogP contribution in [0.1, 0.15) is 5.56 Å². The summed E-state index contributed by atoms with van der Waals surface area (Å²) in [7, 11) is 0. The van der Waals surface area contributed by atoms with Crippen LogP contribution in [0.15, 0.2) is 18.5 Å². The summed E-state index contributed by atoms with van der Waals surface area (Å²) in [5.41, 5.74) is 5.24. The molecule has 3 nitrogen and oxygen atoms in total. The van der Waals surface area contributed by atoms with E-state index in [4.69, 9.17) is 5.73 Å². The Morgan fingerprint density at radius 3 is 2.24 bits per heavy atom. The lowest BCUT2D eigenvalue weighted by molar-refractivity contribution is 0.507. The van der Waals surface area contributed by atoms with Gasteiger partial charge in [-0.1, -0.05) is 0 Å². The van der Waals surface area contributed by atoms with Gasteiger partial charge in [0.25, 0.3) is 0 Å². The number of rotatable bonds is 1. The van der Waals surface area contributed by atoms with Gasteiger partial charge in [0.2, 0.25) is 0 Å². The molecule has 17 heavy (non-hydrogen) atoms. The van der Waals surface area contributed by atoms with Crippen molar-refractivity contribution >= 4 is 5.69 Å². The molecule has 1 heterocycles. The first-order valence-electron chi connectivity index (χ1n) is 4.72. The summed E-state index contributed by atoms with van der Waals surface area (Å²) in [4.78, 5) is 7.38. The lowest BCUT2D eigenvalue weighted by atomic mass is 10.1. The zero-order valence-corrected chi connectivity index (χ0v) is 8.84. The van der Waals surface area contributed by atoms with Crippen molar-refractivity contribution in [2.24, 2.45) is 0 Å². The van der Waals surface area contributed by atoms with Crippen LogP contribution >= 0.6 is 0 Å². The van der Waals surface area contributed by atoms with Crippen molar-refractivity contribution in [1.29, 1.82) is 0 Å². The molecule has 0 unspecified atom stereocenters. The van der Waals surface area contributed by atoms with Crippen LogP contribution in [-0.2, 0) is 0 Å². The molecule has 2 aromatic rings. The number of nitrogens with two attached hydrogens (primary N) is 1. The average Bonchev–Trinajstić information content (AvgIpc) is 2.32. The molecule has 0 spiro atoms. The van der Waals surface area contributed by atoms with Crippen LogP contribution in [0, 0.1) is 24.4 Å². The summed E-state index contributed by atoms with van der Waals surface area (Å²) in [6, 6.07) is 1.22. The third-order valence-electron chi connectivity index (χ3n) is 2.34. The summed E-state index contributed by atoms with van der Waals surface area (Å²) >= 11 is 0. The molecule has 0 saturated carbocycles. The molecule has 2 N–H and O–H groups in total. The summed E-state index contributed by atoms with van der Waals surface area (Å²) in [6.07, 6.45) is 1.89. The third-order valence-corrected chi connectivity index (χ3v) is 2.34. The Kier molecular flexibility index (Phi) is 2.71. The van der Waals surface area contributed by atoms with E-state index < -0.39 is 17.5 Å². The molecule has 0 aliphatic carbocycles. The maximum absolute atomic E-state index is 13.4. The second-order valence-corrected chi connectivity index (χ2v) is 3.49. The van der Waals surface area contributed by atoms with Gasteiger partial charge < -0.3 is 5.73 Å². The Hall–Kier alpha value is -2.11. The van der Waals surface area contributed by atoms with E-state index in [1.165, 1.54) is 13.0 Å². The number of hydrogen-bond acceptors (Lipinski definition) is 3. The van der Waals surface area contributed by atoms with Crippen LogP contribution in [-0.4, -0.2) is 9.97 Å². The molecule has 88 valence electrons. The minimum absolute atomic E-state index is 0.0308. The molecule has 0 bridgehead atoms. The van der Waals surface area contributed by atoms with E-state index in [0.29, 0.717) is 0 Å². The fraction of sp³-hybridized carbons (Fsp3) is 0.0909. The first kappa shape index (κ1) is 11.4. The fourth-order valence-electron chi connectivity index (χ4n) is 1.42. The van der Waals surface area contributed by atoms with Gasteiger partial charge in [-0.05, 0) is 18.6 Å². The van der Waals surface area contributed by atoms with E-state index in [-0.39, 0.29) is 22.6 Å². The highest BCUT2D eigenvalue weighted by Gasteiger charge is 2.16. The highest BCUT2D eigenvalue weighted by atomic mass is 19.2. The van der Waals surface area contributed by atoms with Gasteiger partial charge in [0, 0.05) is 5.56 Å². The summed E-state index contributed by atoms with van der Waals surface area (Å²) in [6.45, 7) is 1.37. The minimum atomic E-state index is -1.10. The predicted molar refractivity (Wildman–Crippen MR) is 56.5 cm³/mol. The van der Waals surface area contributed by atoms with Gasteiger partial charge in [-0.2, -0.15) is 0 Å². The largest absolute Gasteiger partial charge is 0.396 e. The average molecular weight is 239 g/mol. The molecule has 2 rings (SSSR count). The van der Waals surface area contributed by atoms with Gasteiger partial charge in [-0.25, -0.2) is 23.1 Å². The standard InChI is InChI=1S/C11H8F3N3/c1-5-7(2-8(15)10(14)9(5)13)11-16-3-6(12)4-17-11/h2-4H,15H2,1H3. The maximum atomic E-state index is 13.4. The molecule has 1 aromatic carbocycles. The molecule has 0 aliphatic rings. The predicted octanol–water partition coefficient (Wildman–Crippen LogP) is 2.45. The molecular formula is C11H8F3N3. The van der Waals surface area contributed by atoms with Gasteiger partial charge in [0.15, 0.2) is 23.3 Å². The quantitative estimate of drug-likeness (QED) is 0.777. The molecule has 0 fully saturated rings. The van der Waals surface area contributed by atoms with Crippen molar-refractivity contribution in [3.05, 3.63) is 41.5 Å². The highest BCUT2D eigenvalue weighted by molar-refractivity contribution is 5.65. The Balaban J connectivity index is 2.64. The second kappa shape index (κ2) is 4.04. The maximum Gasteiger partial charge on any atom is 0.181 e. The number of nitrogen functional groups attached to an aromatic ring is 1. The fourth-order valence-corrected chi connectivity index (χ4v) is 1.42. The Morgan fingerprint density at radius 1 is 1.06 bits per heavy atom. The number of anilines is 1. The van der Waals surface area contributed by atoms with E-state index in [9.17, 15) is 13.2 Å². The van der Waals surface area contributed by atoms with Crippen LogP contribution in [0.4, 0.5) is 18.9 Å². The van der Waals surface area contributed by atoms with E-state index in [1.807, 2.05) is 0 Å². The molecule has 6 heteroatoms. The van der Waals surface area contributed by atoms with Crippen LogP contribution in [0.25, 0.3) is 11.4 Å². The Labute approximate surface area is 95.1 Å². The van der Waals surface area contributed by atoms with Crippen LogP contribution in [0.5, 0.6) is 0 Å². The number of hydrogen-bond donors (Lipinski definition) is 1.